The van der Waals surface area contributed by atoms with Crippen molar-refractivity contribution < 1.29 is 4.79 Å². The van der Waals surface area contributed by atoms with Gasteiger partial charge in [0, 0.05) is 12.0 Å². The van der Waals surface area contributed by atoms with E-state index in [4.69, 9.17) is 0 Å². The molecule has 26 heavy (non-hydrogen) atoms. The summed E-state index contributed by atoms with van der Waals surface area (Å²) in [5, 5.41) is 0. The number of fused-ring (bicyclic) bond motifs is 1. The summed E-state index contributed by atoms with van der Waals surface area (Å²) in [5.41, 5.74) is 9.16. The SMILES string of the molecule is Cc1c(C)c(C)c2c(c1C)C=C(C(=O)/C=C/C(C(C)(C)C)C(C)(C)C)C2. The van der Waals surface area contributed by atoms with Gasteiger partial charge in [-0.3, -0.25) is 4.79 Å². The average Bonchev–Trinajstić information content (AvgIpc) is 2.93. The summed E-state index contributed by atoms with van der Waals surface area (Å²) in [6.45, 7) is 22.2. The lowest BCUT2D eigenvalue weighted by Gasteiger charge is -2.38. The number of hydrogen-bond donors (Lipinski definition) is 0. The molecule has 0 fully saturated rings. The Morgan fingerprint density at radius 1 is 0.885 bits per heavy atom. The van der Waals surface area contributed by atoms with Crippen LogP contribution in [0, 0.1) is 44.4 Å². The highest BCUT2D eigenvalue weighted by Gasteiger charge is 2.33. The molecule has 0 unspecified atom stereocenters. The highest BCUT2D eigenvalue weighted by molar-refractivity contribution is 6.09. The van der Waals surface area contributed by atoms with E-state index in [-0.39, 0.29) is 16.6 Å². The molecule has 0 spiro atoms. The molecule has 0 saturated carbocycles. The van der Waals surface area contributed by atoms with Crippen molar-refractivity contribution in [3.05, 3.63) is 51.1 Å². The maximum atomic E-state index is 12.9. The molecule has 0 saturated heterocycles. The Hall–Kier alpha value is -1.63. The average molecular weight is 353 g/mol. The fraction of sp³-hybridized carbons (Fsp3) is 0.560. The Balaban J connectivity index is 2.32. The predicted molar refractivity (Wildman–Crippen MR) is 114 cm³/mol. The minimum atomic E-state index is 0.128. The number of carbonyl (C=O) groups is 1. The van der Waals surface area contributed by atoms with E-state index < -0.39 is 0 Å². The first-order valence-corrected chi connectivity index (χ1v) is 9.77. The number of allylic oxidation sites excluding steroid dienone is 3. The van der Waals surface area contributed by atoms with Crippen molar-refractivity contribution in [3.63, 3.8) is 0 Å². The zero-order valence-electron chi connectivity index (χ0n) is 18.4. The monoisotopic (exact) mass is 352 g/mol. The van der Waals surface area contributed by atoms with Gasteiger partial charge in [0.15, 0.2) is 5.78 Å². The first-order chi connectivity index (χ1) is 11.7. The number of benzene rings is 1. The highest BCUT2D eigenvalue weighted by atomic mass is 16.1. The molecule has 0 aromatic heterocycles. The Bertz CT molecular complexity index is 775. The Kier molecular flexibility index (Phi) is 5.43. The van der Waals surface area contributed by atoms with Crippen LogP contribution in [-0.4, -0.2) is 5.78 Å². The summed E-state index contributed by atoms with van der Waals surface area (Å²) >= 11 is 0. The number of rotatable bonds is 3. The molecule has 1 nitrogen and oxygen atoms in total. The number of carbonyl (C=O) groups excluding carboxylic acids is 1. The maximum Gasteiger partial charge on any atom is 0.181 e. The first-order valence-electron chi connectivity index (χ1n) is 9.77. The van der Waals surface area contributed by atoms with Crippen LogP contribution >= 0.6 is 0 Å². The fourth-order valence-electron chi connectivity index (χ4n) is 4.58. The van der Waals surface area contributed by atoms with Crippen molar-refractivity contribution in [2.24, 2.45) is 16.7 Å². The van der Waals surface area contributed by atoms with Crippen molar-refractivity contribution in [1.29, 1.82) is 0 Å². The molecule has 0 aliphatic heterocycles. The lowest BCUT2D eigenvalue weighted by Crippen LogP contribution is -2.31. The van der Waals surface area contributed by atoms with E-state index >= 15 is 0 Å². The molecule has 0 atom stereocenters. The van der Waals surface area contributed by atoms with Gasteiger partial charge in [-0.15, -0.1) is 0 Å². The van der Waals surface area contributed by atoms with Crippen molar-refractivity contribution in [2.45, 2.75) is 75.7 Å². The predicted octanol–water partition coefficient (Wildman–Crippen LogP) is 6.69. The molecular formula is C25H36O. The second-order valence-corrected chi connectivity index (χ2v) is 10.2. The minimum Gasteiger partial charge on any atom is -0.290 e. The van der Waals surface area contributed by atoms with Gasteiger partial charge in [-0.1, -0.05) is 47.6 Å². The molecule has 0 amide bonds. The quantitative estimate of drug-likeness (QED) is 0.554. The Labute approximate surface area is 160 Å². The summed E-state index contributed by atoms with van der Waals surface area (Å²) in [4.78, 5) is 12.9. The van der Waals surface area contributed by atoms with E-state index in [9.17, 15) is 4.79 Å². The Morgan fingerprint density at radius 2 is 1.38 bits per heavy atom. The lowest BCUT2D eigenvalue weighted by atomic mass is 9.66. The molecule has 1 aliphatic carbocycles. The van der Waals surface area contributed by atoms with E-state index in [1.54, 1.807) is 0 Å². The lowest BCUT2D eigenvalue weighted by molar-refractivity contribution is -0.111. The van der Waals surface area contributed by atoms with Crippen LogP contribution in [0.4, 0.5) is 0 Å². The highest BCUT2D eigenvalue weighted by Crippen LogP contribution is 2.41. The maximum absolute atomic E-state index is 12.9. The molecular weight excluding hydrogens is 316 g/mol. The third kappa shape index (κ3) is 3.87. The fourth-order valence-corrected chi connectivity index (χ4v) is 4.58. The summed E-state index contributed by atoms with van der Waals surface area (Å²) in [7, 11) is 0. The van der Waals surface area contributed by atoms with Crippen LogP contribution in [-0.2, 0) is 11.2 Å². The molecule has 2 rings (SSSR count). The van der Waals surface area contributed by atoms with Crippen molar-refractivity contribution in [1.82, 2.24) is 0 Å². The standard InChI is InChI=1S/C25H36O/c1-15-16(2)18(4)21-14-19(13-20(21)17(15)3)22(26)11-12-23(24(5,6)7)25(8,9)10/h11-13,23H,14H2,1-10H3/b12-11+. The largest absolute Gasteiger partial charge is 0.290 e. The van der Waals surface area contributed by atoms with Crippen LogP contribution in [0.25, 0.3) is 6.08 Å². The van der Waals surface area contributed by atoms with Gasteiger partial charge in [0.2, 0.25) is 0 Å². The van der Waals surface area contributed by atoms with Crippen LogP contribution < -0.4 is 0 Å². The van der Waals surface area contributed by atoms with Gasteiger partial charge < -0.3 is 0 Å². The third-order valence-electron chi connectivity index (χ3n) is 6.18. The third-order valence-corrected chi connectivity index (χ3v) is 6.18. The van der Waals surface area contributed by atoms with Crippen LogP contribution in [0.15, 0.2) is 17.7 Å². The summed E-state index contributed by atoms with van der Waals surface area (Å²) in [5.74, 6) is 0.505. The number of hydrogen-bond acceptors (Lipinski definition) is 1. The van der Waals surface area contributed by atoms with E-state index in [1.807, 2.05) is 6.08 Å². The van der Waals surface area contributed by atoms with Crippen LogP contribution in [0.1, 0.15) is 74.9 Å². The Morgan fingerprint density at radius 3 is 1.88 bits per heavy atom. The van der Waals surface area contributed by atoms with Crippen molar-refractivity contribution in [3.8, 4) is 0 Å². The van der Waals surface area contributed by atoms with Gasteiger partial charge in [0.1, 0.15) is 0 Å². The summed E-state index contributed by atoms with van der Waals surface area (Å²) in [6.07, 6.45) is 6.85. The topological polar surface area (TPSA) is 17.1 Å². The van der Waals surface area contributed by atoms with E-state index in [2.05, 4.69) is 81.4 Å². The molecule has 0 radical (unpaired) electrons. The second-order valence-electron chi connectivity index (χ2n) is 10.2. The van der Waals surface area contributed by atoms with Gasteiger partial charge in [0.25, 0.3) is 0 Å². The minimum absolute atomic E-state index is 0.128. The van der Waals surface area contributed by atoms with Gasteiger partial charge in [-0.2, -0.15) is 0 Å². The molecule has 0 N–H and O–H groups in total. The van der Waals surface area contributed by atoms with Crippen LogP contribution in [0.5, 0.6) is 0 Å². The van der Waals surface area contributed by atoms with Gasteiger partial charge in [-0.05, 0) is 90.0 Å². The molecule has 0 heterocycles. The van der Waals surface area contributed by atoms with Gasteiger partial charge in [0.05, 0.1) is 0 Å². The first kappa shape index (κ1) is 20.7. The van der Waals surface area contributed by atoms with Crippen LogP contribution in [0.3, 0.4) is 0 Å². The molecule has 1 aromatic carbocycles. The smallest absolute Gasteiger partial charge is 0.181 e. The van der Waals surface area contributed by atoms with Gasteiger partial charge >= 0.3 is 0 Å². The van der Waals surface area contributed by atoms with Gasteiger partial charge in [-0.25, -0.2) is 0 Å². The summed E-state index contributed by atoms with van der Waals surface area (Å²) < 4.78 is 0. The molecule has 1 heteroatoms. The number of ketones is 1. The zero-order chi connectivity index (χ0) is 20.0. The van der Waals surface area contributed by atoms with Crippen molar-refractivity contribution >= 4 is 11.9 Å². The van der Waals surface area contributed by atoms with Crippen LogP contribution in [0.2, 0.25) is 0 Å². The second kappa shape index (κ2) is 6.83. The molecule has 0 bridgehead atoms. The molecule has 1 aromatic rings. The molecule has 1 aliphatic rings. The molecule has 142 valence electrons. The zero-order valence-corrected chi connectivity index (χ0v) is 18.4. The van der Waals surface area contributed by atoms with E-state index in [1.165, 1.54) is 33.4 Å². The van der Waals surface area contributed by atoms with Crippen molar-refractivity contribution in [2.75, 3.05) is 0 Å². The van der Waals surface area contributed by atoms with E-state index in [0.717, 1.165) is 12.0 Å². The van der Waals surface area contributed by atoms with E-state index in [0.29, 0.717) is 5.92 Å². The summed E-state index contributed by atoms with van der Waals surface area (Å²) in [6, 6.07) is 0. The normalized spacial score (nSPS) is 15.0.